The van der Waals surface area contributed by atoms with Crippen LogP contribution < -0.4 is 0 Å². The van der Waals surface area contributed by atoms with Gasteiger partial charge in [-0.15, -0.1) is 0 Å². The second-order valence-electron chi connectivity index (χ2n) is 2.77. The van der Waals surface area contributed by atoms with E-state index in [1.807, 2.05) is 18.2 Å². The van der Waals surface area contributed by atoms with Gasteiger partial charge in [-0.2, -0.15) is 0 Å². The molecule has 0 aliphatic rings. The molecule has 0 aliphatic heterocycles. The molecule has 0 aliphatic carbocycles. The monoisotopic (exact) mass is 229 g/mol. The Kier molecular flexibility index (Phi) is 4.26. The zero-order valence-electron chi connectivity index (χ0n) is 8.12. The maximum absolute atomic E-state index is 11.1. The largest absolute Gasteiger partial charge is 0.444 e. The first kappa shape index (κ1) is 11.7. The van der Waals surface area contributed by atoms with Crippen LogP contribution in [0.25, 0.3) is 0 Å². The van der Waals surface area contributed by atoms with Gasteiger partial charge in [0, 0.05) is 7.05 Å². The number of hydrogen-bond acceptors (Lipinski definition) is 3. The van der Waals surface area contributed by atoms with Crippen LogP contribution in [0.4, 0.5) is 4.79 Å². The molecule has 1 aromatic rings. The average molecular weight is 229 g/mol. The predicted molar refractivity (Wildman–Crippen MR) is 55.2 cm³/mol. The van der Waals surface area contributed by atoms with E-state index in [9.17, 15) is 9.00 Å². The molecule has 1 aromatic carbocycles. The fourth-order valence-corrected chi connectivity index (χ4v) is 1.05. The van der Waals surface area contributed by atoms with Crippen molar-refractivity contribution >= 4 is 17.4 Å². The number of rotatable bonds is 3. The highest BCUT2D eigenvalue weighted by Crippen LogP contribution is 2.02. The quantitative estimate of drug-likeness (QED) is 0.795. The predicted octanol–water partition coefficient (Wildman–Crippen LogP) is 1.39. The molecule has 82 valence electrons. The molecule has 0 radical (unpaired) electrons. The number of carbonyl (C=O) groups is 1. The lowest BCUT2D eigenvalue weighted by molar-refractivity contribution is 0.123. The summed E-state index contributed by atoms with van der Waals surface area (Å²) < 4.78 is 24.5. The molecule has 0 aromatic heterocycles. The number of amides is 1. The van der Waals surface area contributed by atoms with E-state index in [-0.39, 0.29) is 6.61 Å². The number of benzene rings is 1. The fraction of sp³-hybridized carbons (Fsp3) is 0.222. The van der Waals surface area contributed by atoms with E-state index < -0.39 is 17.4 Å². The highest BCUT2D eigenvalue weighted by molar-refractivity contribution is 7.77. The highest BCUT2D eigenvalue weighted by Gasteiger charge is 2.14. The van der Waals surface area contributed by atoms with Crippen molar-refractivity contribution in [1.29, 1.82) is 0 Å². The highest BCUT2D eigenvalue weighted by atomic mass is 32.2. The van der Waals surface area contributed by atoms with Crippen molar-refractivity contribution in [1.82, 2.24) is 4.31 Å². The molecule has 0 saturated heterocycles. The Labute approximate surface area is 90.1 Å². The molecule has 1 atom stereocenters. The summed E-state index contributed by atoms with van der Waals surface area (Å²) in [6.45, 7) is 0.0845. The van der Waals surface area contributed by atoms with E-state index in [4.69, 9.17) is 9.29 Å². The van der Waals surface area contributed by atoms with Crippen LogP contribution in [-0.2, 0) is 22.6 Å². The summed E-state index contributed by atoms with van der Waals surface area (Å²) in [7, 11) is 1.18. The maximum atomic E-state index is 11.1. The van der Waals surface area contributed by atoms with Gasteiger partial charge in [-0.3, -0.25) is 4.55 Å². The van der Waals surface area contributed by atoms with Gasteiger partial charge in [-0.05, 0) is 5.56 Å². The number of nitrogens with zero attached hydrogens (tertiary/aromatic N) is 1. The van der Waals surface area contributed by atoms with Crippen molar-refractivity contribution < 1.29 is 18.3 Å². The summed E-state index contributed by atoms with van der Waals surface area (Å²) in [5.41, 5.74) is 0.822. The minimum Gasteiger partial charge on any atom is -0.444 e. The van der Waals surface area contributed by atoms with Gasteiger partial charge in [0.05, 0.1) is 0 Å². The molecule has 0 fully saturated rings. The Morgan fingerprint density at radius 2 is 2.07 bits per heavy atom. The van der Waals surface area contributed by atoms with E-state index in [2.05, 4.69) is 0 Å². The van der Waals surface area contributed by atoms with Gasteiger partial charge in [0.2, 0.25) is 0 Å². The van der Waals surface area contributed by atoms with Gasteiger partial charge < -0.3 is 4.74 Å². The Hall–Kier alpha value is -1.40. The van der Waals surface area contributed by atoms with Gasteiger partial charge >= 0.3 is 6.09 Å². The standard InChI is InChI=1S/C9H11NO4S/c1-10(15(12)13)9(11)14-7-8-5-3-2-4-6-8/h2-6H,7H2,1H3,(H,12,13). The van der Waals surface area contributed by atoms with Crippen molar-refractivity contribution in [3.05, 3.63) is 35.9 Å². The fourth-order valence-electron chi connectivity index (χ4n) is 0.874. The van der Waals surface area contributed by atoms with Crippen LogP contribution in [0.15, 0.2) is 30.3 Å². The molecule has 0 bridgehead atoms. The van der Waals surface area contributed by atoms with Crippen LogP contribution in [0.2, 0.25) is 0 Å². The second kappa shape index (κ2) is 5.47. The summed E-state index contributed by atoms with van der Waals surface area (Å²) in [4.78, 5) is 11.1. The Bertz CT molecular complexity index is 354. The minimum absolute atomic E-state index is 0.0845. The van der Waals surface area contributed by atoms with Crippen molar-refractivity contribution in [2.75, 3.05) is 7.05 Å². The Balaban J connectivity index is 2.44. The molecule has 0 spiro atoms. The number of carbonyl (C=O) groups excluding carboxylic acids is 1. The number of ether oxygens (including phenoxy) is 1. The van der Waals surface area contributed by atoms with Crippen LogP contribution in [-0.4, -0.2) is 26.2 Å². The van der Waals surface area contributed by atoms with E-state index in [0.717, 1.165) is 5.56 Å². The van der Waals surface area contributed by atoms with Crippen LogP contribution in [0.5, 0.6) is 0 Å². The summed E-state index contributed by atoms with van der Waals surface area (Å²) in [5.74, 6) is 0. The first-order valence-electron chi connectivity index (χ1n) is 4.16. The van der Waals surface area contributed by atoms with E-state index in [1.54, 1.807) is 12.1 Å². The maximum Gasteiger partial charge on any atom is 0.423 e. The topological polar surface area (TPSA) is 66.8 Å². The molecule has 15 heavy (non-hydrogen) atoms. The SMILES string of the molecule is CN(C(=O)OCc1ccccc1)S(=O)O. The molecule has 1 rings (SSSR count). The molecule has 0 heterocycles. The molecular formula is C9H11NO4S. The van der Waals surface area contributed by atoms with Gasteiger partial charge in [0.1, 0.15) is 6.61 Å². The van der Waals surface area contributed by atoms with Gasteiger partial charge in [0.15, 0.2) is 0 Å². The van der Waals surface area contributed by atoms with Crippen LogP contribution >= 0.6 is 0 Å². The molecule has 6 heteroatoms. The normalized spacial score (nSPS) is 11.9. The van der Waals surface area contributed by atoms with Gasteiger partial charge in [-0.1, -0.05) is 30.3 Å². The second-order valence-corrected chi connectivity index (χ2v) is 3.78. The molecule has 1 N–H and O–H groups in total. The third kappa shape index (κ3) is 3.69. The lowest BCUT2D eigenvalue weighted by Crippen LogP contribution is -2.28. The first-order valence-corrected chi connectivity index (χ1v) is 5.23. The van der Waals surface area contributed by atoms with Gasteiger partial charge in [-0.25, -0.2) is 13.3 Å². The average Bonchev–Trinajstić information content (AvgIpc) is 2.26. The third-order valence-electron chi connectivity index (χ3n) is 1.70. The molecule has 0 saturated carbocycles. The summed E-state index contributed by atoms with van der Waals surface area (Å²) in [5, 5.41) is 0. The summed E-state index contributed by atoms with van der Waals surface area (Å²) in [6, 6.07) is 9.07. The summed E-state index contributed by atoms with van der Waals surface area (Å²) in [6.07, 6.45) is -0.834. The van der Waals surface area contributed by atoms with Crippen LogP contribution in [0.1, 0.15) is 5.56 Å². The summed E-state index contributed by atoms with van der Waals surface area (Å²) >= 11 is -2.34. The smallest absolute Gasteiger partial charge is 0.423 e. The van der Waals surface area contributed by atoms with Crippen molar-refractivity contribution in [3.8, 4) is 0 Å². The van der Waals surface area contributed by atoms with Crippen LogP contribution in [0, 0.1) is 0 Å². The van der Waals surface area contributed by atoms with Crippen molar-refractivity contribution in [2.24, 2.45) is 0 Å². The molecule has 1 unspecified atom stereocenters. The van der Waals surface area contributed by atoms with Gasteiger partial charge in [0.25, 0.3) is 11.3 Å². The van der Waals surface area contributed by atoms with Crippen LogP contribution in [0.3, 0.4) is 0 Å². The van der Waals surface area contributed by atoms with E-state index in [1.165, 1.54) is 7.05 Å². The Morgan fingerprint density at radius 3 is 2.60 bits per heavy atom. The van der Waals surface area contributed by atoms with Crippen molar-refractivity contribution in [3.63, 3.8) is 0 Å². The Morgan fingerprint density at radius 1 is 1.47 bits per heavy atom. The number of hydrogen-bond donors (Lipinski definition) is 1. The molecule has 5 nitrogen and oxygen atoms in total. The lowest BCUT2D eigenvalue weighted by atomic mass is 10.2. The van der Waals surface area contributed by atoms with Crippen molar-refractivity contribution in [2.45, 2.75) is 6.61 Å². The van der Waals surface area contributed by atoms with E-state index in [0.29, 0.717) is 4.31 Å². The van der Waals surface area contributed by atoms with E-state index >= 15 is 0 Å². The first-order chi connectivity index (χ1) is 7.11. The molecular weight excluding hydrogens is 218 g/mol. The minimum atomic E-state index is -2.34. The lowest BCUT2D eigenvalue weighted by Gasteiger charge is -2.11. The molecule has 1 amide bonds. The zero-order chi connectivity index (χ0) is 11.3. The zero-order valence-corrected chi connectivity index (χ0v) is 8.94. The third-order valence-corrected chi connectivity index (χ3v) is 2.31.